The number of aliphatic carboxylic acids is 1. The van der Waals surface area contributed by atoms with Crippen LogP contribution in [0.1, 0.15) is 11.6 Å². The Kier molecular flexibility index (Phi) is 4.04. The van der Waals surface area contributed by atoms with Gasteiger partial charge in [0.1, 0.15) is 6.04 Å². The number of benzene rings is 2. The van der Waals surface area contributed by atoms with E-state index in [1.54, 1.807) is 48.5 Å². The number of rotatable bonds is 4. The molecule has 0 bridgehead atoms. The highest BCUT2D eigenvalue weighted by Gasteiger charge is 2.25. The van der Waals surface area contributed by atoms with Crippen molar-refractivity contribution in [3.8, 4) is 0 Å². The summed E-state index contributed by atoms with van der Waals surface area (Å²) in [5, 5.41) is 9.91. The topological polar surface area (TPSA) is 81.3 Å². The second kappa shape index (κ2) is 6.16. The molecule has 6 nitrogen and oxygen atoms in total. The molecule has 122 valence electrons. The maximum absolute atomic E-state index is 12.7. The van der Waals surface area contributed by atoms with Gasteiger partial charge in [0.2, 0.25) is 0 Å². The van der Waals surface area contributed by atoms with E-state index in [0.717, 1.165) is 10.1 Å². The lowest BCUT2D eigenvalue weighted by Gasteiger charge is -2.17. The van der Waals surface area contributed by atoms with Crippen molar-refractivity contribution in [1.29, 1.82) is 0 Å². The first-order valence-corrected chi connectivity index (χ1v) is 7.47. The number of carboxylic acid groups (broad SMARTS) is 1. The van der Waals surface area contributed by atoms with E-state index in [1.165, 1.54) is 11.6 Å². The number of hydrogen-bond donors (Lipinski definition) is 1. The van der Waals surface area contributed by atoms with E-state index in [1.807, 2.05) is 6.07 Å². The van der Waals surface area contributed by atoms with Gasteiger partial charge in [-0.05, 0) is 17.7 Å². The monoisotopic (exact) mass is 324 g/mol. The van der Waals surface area contributed by atoms with E-state index in [0.29, 0.717) is 10.9 Å². The van der Waals surface area contributed by atoms with E-state index in [4.69, 9.17) is 0 Å². The Morgan fingerprint density at radius 1 is 1.04 bits per heavy atom. The first-order valence-electron chi connectivity index (χ1n) is 7.47. The predicted molar refractivity (Wildman–Crippen MR) is 90.3 cm³/mol. The van der Waals surface area contributed by atoms with Crippen molar-refractivity contribution in [3.05, 3.63) is 81.0 Å². The molecule has 0 spiro atoms. The van der Waals surface area contributed by atoms with Crippen LogP contribution in [0.5, 0.6) is 0 Å². The second-order valence-electron chi connectivity index (χ2n) is 5.58. The van der Waals surface area contributed by atoms with Gasteiger partial charge in [0, 0.05) is 13.5 Å². The number of nitrogens with zero attached hydrogens (tertiary/aromatic N) is 2. The molecule has 1 aromatic heterocycles. The van der Waals surface area contributed by atoms with Crippen LogP contribution >= 0.6 is 0 Å². The summed E-state index contributed by atoms with van der Waals surface area (Å²) in [6.45, 7) is 0. The number of carbonyl (C=O) groups is 1. The minimum absolute atomic E-state index is 0.0592. The minimum atomic E-state index is -1.26. The molecule has 0 saturated heterocycles. The SMILES string of the molecule is Cn1c(=O)n(C(Cc2ccccc2)C(=O)O)c(=O)c2ccccc21. The van der Waals surface area contributed by atoms with Crippen molar-refractivity contribution >= 4 is 16.9 Å². The molecule has 1 unspecified atom stereocenters. The molecule has 1 N–H and O–H groups in total. The fraction of sp³-hybridized carbons (Fsp3) is 0.167. The molecule has 1 heterocycles. The molecule has 0 radical (unpaired) electrons. The molecule has 3 aromatic rings. The Bertz CT molecular complexity index is 1020. The Balaban J connectivity index is 2.24. The highest BCUT2D eigenvalue weighted by atomic mass is 16.4. The summed E-state index contributed by atoms with van der Waals surface area (Å²) in [6.07, 6.45) is 0.0592. The molecule has 0 aliphatic heterocycles. The molecule has 6 heteroatoms. The summed E-state index contributed by atoms with van der Waals surface area (Å²) in [4.78, 5) is 37.1. The number of hydrogen-bond acceptors (Lipinski definition) is 3. The lowest BCUT2D eigenvalue weighted by atomic mass is 10.1. The Hall–Kier alpha value is -3.15. The van der Waals surface area contributed by atoms with Crippen LogP contribution in [-0.4, -0.2) is 20.2 Å². The van der Waals surface area contributed by atoms with Crippen molar-refractivity contribution in [2.45, 2.75) is 12.5 Å². The third-order valence-electron chi connectivity index (χ3n) is 4.08. The predicted octanol–water partition coefficient (Wildman–Crippen LogP) is 1.57. The molecular formula is C18H16N2O4. The Morgan fingerprint density at radius 2 is 1.67 bits per heavy atom. The lowest BCUT2D eigenvalue weighted by molar-refractivity contribution is -0.141. The third-order valence-corrected chi connectivity index (χ3v) is 4.08. The molecule has 2 aromatic carbocycles. The third kappa shape index (κ3) is 2.62. The van der Waals surface area contributed by atoms with Crippen LogP contribution < -0.4 is 11.2 Å². The molecule has 1 atom stereocenters. The first kappa shape index (κ1) is 15.7. The maximum Gasteiger partial charge on any atom is 0.332 e. The van der Waals surface area contributed by atoms with E-state index in [-0.39, 0.29) is 6.42 Å². The maximum atomic E-state index is 12.7. The van der Waals surface area contributed by atoms with Gasteiger partial charge >= 0.3 is 11.7 Å². The van der Waals surface area contributed by atoms with Gasteiger partial charge < -0.3 is 5.11 Å². The molecular weight excluding hydrogens is 308 g/mol. The van der Waals surface area contributed by atoms with Gasteiger partial charge in [-0.1, -0.05) is 42.5 Å². The first-order chi connectivity index (χ1) is 11.5. The molecule has 0 fully saturated rings. The quantitative estimate of drug-likeness (QED) is 0.790. The summed E-state index contributed by atoms with van der Waals surface area (Å²) >= 11 is 0. The van der Waals surface area contributed by atoms with Crippen LogP contribution in [-0.2, 0) is 18.3 Å². The largest absolute Gasteiger partial charge is 0.480 e. The molecule has 0 saturated carbocycles. The van der Waals surface area contributed by atoms with Crippen LogP contribution in [0.15, 0.2) is 64.2 Å². The van der Waals surface area contributed by atoms with Gasteiger partial charge in [0.25, 0.3) is 5.56 Å². The average molecular weight is 324 g/mol. The smallest absolute Gasteiger partial charge is 0.332 e. The molecule has 3 rings (SSSR count). The minimum Gasteiger partial charge on any atom is -0.480 e. The Labute approximate surface area is 137 Å². The zero-order valence-electron chi connectivity index (χ0n) is 13.0. The molecule has 24 heavy (non-hydrogen) atoms. The van der Waals surface area contributed by atoms with Gasteiger partial charge in [-0.2, -0.15) is 0 Å². The Morgan fingerprint density at radius 3 is 2.33 bits per heavy atom. The van der Waals surface area contributed by atoms with Gasteiger partial charge in [0.05, 0.1) is 10.9 Å². The summed E-state index contributed by atoms with van der Waals surface area (Å²) in [6, 6.07) is 14.3. The van der Waals surface area contributed by atoms with Crippen molar-refractivity contribution in [2.24, 2.45) is 7.05 Å². The zero-order chi connectivity index (χ0) is 17.3. The van der Waals surface area contributed by atoms with E-state index in [9.17, 15) is 19.5 Å². The van der Waals surface area contributed by atoms with Gasteiger partial charge in [-0.15, -0.1) is 0 Å². The van der Waals surface area contributed by atoms with Crippen LogP contribution in [0.3, 0.4) is 0 Å². The summed E-state index contributed by atoms with van der Waals surface area (Å²) in [5.74, 6) is -1.21. The second-order valence-corrected chi connectivity index (χ2v) is 5.58. The van der Waals surface area contributed by atoms with E-state index < -0.39 is 23.3 Å². The molecule has 0 aliphatic rings. The lowest BCUT2D eigenvalue weighted by Crippen LogP contribution is -2.44. The van der Waals surface area contributed by atoms with Crippen molar-refractivity contribution < 1.29 is 9.90 Å². The number of aromatic nitrogens is 2. The van der Waals surface area contributed by atoms with Crippen molar-refractivity contribution in [2.75, 3.05) is 0 Å². The average Bonchev–Trinajstić information content (AvgIpc) is 2.60. The number of fused-ring (bicyclic) bond motifs is 1. The van der Waals surface area contributed by atoms with Crippen molar-refractivity contribution in [3.63, 3.8) is 0 Å². The zero-order valence-corrected chi connectivity index (χ0v) is 13.0. The summed E-state index contributed by atoms with van der Waals surface area (Å²) < 4.78 is 2.13. The van der Waals surface area contributed by atoms with Gasteiger partial charge in [0.15, 0.2) is 0 Å². The van der Waals surface area contributed by atoms with Crippen LogP contribution in [0.2, 0.25) is 0 Å². The standard InChI is InChI=1S/C18H16N2O4/c1-19-14-10-6-5-9-13(14)16(21)20(18(19)24)15(17(22)23)11-12-7-3-2-4-8-12/h2-10,15H,11H2,1H3,(H,22,23). The van der Waals surface area contributed by atoms with Gasteiger partial charge in [-0.3, -0.25) is 9.36 Å². The highest BCUT2D eigenvalue weighted by molar-refractivity contribution is 5.79. The summed E-state index contributed by atoms with van der Waals surface area (Å²) in [5.41, 5.74) is -0.00123. The highest BCUT2D eigenvalue weighted by Crippen LogP contribution is 2.14. The molecule has 0 aliphatic carbocycles. The number of aryl methyl sites for hydroxylation is 1. The normalized spacial score (nSPS) is 12.2. The number of carboxylic acids is 1. The fourth-order valence-corrected chi connectivity index (χ4v) is 2.83. The van der Waals surface area contributed by atoms with Crippen LogP contribution in [0.25, 0.3) is 10.9 Å². The number of para-hydroxylation sites is 1. The van der Waals surface area contributed by atoms with Crippen molar-refractivity contribution in [1.82, 2.24) is 9.13 Å². The van der Waals surface area contributed by atoms with E-state index >= 15 is 0 Å². The van der Waals surface area contributed by atoms with E-state index in [2.05, 4.69) is 0 Å². The fourth-order valence-electron chi connectivity index (χ4n) is 2.83. The van der Waals surface area contributed by atoms with Crippen LogP contribution in [0.4, 0.5) is 0 Å². The van der Waals surface area contributed by atoms with Gasteiger partial charge in [-0.25, -0.2) is 14.2 Å². The summed E-state index contributed by atoms with van der Waals surface area (Å²) in [7, 11) is 1.53. The van der Waals surface area contributed by atoms with Crippen LogP contribution in [0, 0.1) is 0 Å². The molecule has 0 amide bonds.